The van der Waals surface area contributed by atoms with Gasteiger partial charge in [-0.2, -0.15) is 5.10 Å². The minimum Gasteiger partial charge on any atom is -0.257 e. The molecule has 0 saturated carbocycles. The maximum absolute atomic E-state index is 5.75. The molecule has 1 atom stereocenters. The van der Waals surface area contributed by atoms with Gasteiger partial charge in [0.25, 0.3) is 0 Å². The zero-order valence-electron chi connectivity index (χ0n) is 5.81. The molecule has 0 aliphatic carbocycles. The number of rotatable bonds is 1. The Kier molecular flexibility index (Phi) is 2.36. The second-order valence-corrected chi connectivity index (χ2v) is 3.89. The first-order valence-electron chi connectivity index (χ1n) is 2.95. The summed E-state index contributed by atoms with van der Waals surface area (Å²) in [4.78, 5) is 0.270. The first kappa shape index (κ1) is 8.08. The molecule has 0 aliphatic rings. The lowest BCUT2D eigenvalue weighted by atomic mass is 10.3. The molecule has 1 heterocycles. The first-order valence-corrected chi connectivity index (χ1v) is 4.24. The molecule has 0 saturated heterocycles. The van der Waals surface area contributed by atoms with Crippen LogP contribution in [0.1, 0.15) is 17.4 Å². The Morgan fingerprint density at radius 1 is 1.80 bits per heavy atom. The lowest BCUT2D eigenvalue weighted by Gasteiger charge is -1.93. The van der Waals surface area contributed by atoms with E-state index in [-0.39, 0.29) is 4.83 Å². The Hall–Kier alpha value is -0.0200. The molecule has 0 radical (unpaired) electrons. The molecule has 1 aromatic rings. The van der Waals surface area contributed by atoms with Gasteiger partial charge in [0.15, 0.2) is 0 Å². The normalized spacial score (nSPS) is 13.6. The molecule has 1 rings (SSSR count). The first-order chi connectivity index (χ1) is 4.61. The van der Waals surface area contributed by atoms with Gasteiger partial charge in [-0.3, -0.25) is 4.68 Å². The molecule has 0 bridgehead atoms. The van der Waals surface area contributed by atoms with Crippen molar-refractivity contribution < 1.29 is 0 Å². The molecule has 0 amide bonds. The predicted molar refractivity (Wildman–Crippen MR) is 45.6 cm³/mol. The minimum absolute atomic E-state index is 0.270. The number of aromatic nitrogens is 2. The molecule has 0 aromatic carbocycles. The van der Waals surface area contributed by atoms with Gasteiger partial charge in [0, 0.05) is 7.05 Å². The van der Waals surface area contributed by atoms with Gasteiger partial charge in [-0.1, -0.05) is 27.5 Å². The summed E-state index contributed by atoms with van der Waals surface area (Å²) in [5, 5.41) is 4.82. The number of halogens is 2. The van der Waals surface area contributed by atoms with E-state index in [1.807, 2.05) is 20.0 Å². The summed E-state index contributed by atoms with van der Waals surface area (Å²) in [6.45, 7) is 2.01. The Balaban J connectivity index is 2.98. The zero-order valence-corrected chi connectivity index (χ0v) is 8.15. The Morgan fingerprint density at radius 2 is 2.40 bits per heavy atom. The van der Waals surface area contributed by atoms with Gasteiger partial charge >= 0.3 is 0 Å². The summed E-state index contributed by atoms with van der Waals surface area (Å²) in [5.41, 5.74) is 0.965. The Morgan fingerprint density at radius 3 is 2.60 bits per heavy atom. The minimum atomic E-state index is 0.270. The maximum atomic E-state index is 5.75. The van der Waals surface area contributed by atoms with Gasteiger partial charge in [0.2, 0.25) is 0 Å². The fourth-order valence-corrected chi connectivity index (χ4v) is 1.03. The molecule has 0 fully saturated rings. The van der Waals surface area contributed by atoms with Crippen LogP contribution >= 0.6 is 27.5 Å². The largest absolute Gasteiger partial charge is 0.257 e. The smallest absolute Gasteiger partial charge is 0.127 e. The van der Waals surface area contributed by atoms with Crippen LogP contribution in [0.2, 0.25) is 5.15 Å². The monoisotopic (exact) mass is 222 g/mol. The fourth-order valence-electron chi connectivity index (χ4n) is 0.660. The quantitative estimate of drug-likeness (QED) is 0.669. The van der Waals surface area contributed by atoms with Gasteiger partial charge in [0.1, 0.15) is 5.15 Å². The highest BCUT2D eigenvalue weighted by atomic mass is 79.9. The highest BCUT2D eigenvalue weighted by Gasteiger charge is 2.06. The Labute approximate surface area is 73.3 Å². The van der Waals surface area contributed by atoms with Crippen LogP contribution in [0.4, 0.5) is 0 Å². The van der Waals surface area contributed by atoms with Gasteiger partial charge in [-0.05, 0) is 13.0 Å². The molecule has 56 valence electrons. The van der Waals surface area contributed by atoms with E-state index in [4.69, 9.17) is 11.6 Å². The van der Waals surface area contributed by atoms with Crippen molar-refractivity contribution in [1.82, 2.24) is 9.78 Å². The SMILES string of the molecule is CC(Br)c1cc(Cl)n(C)n1. The summed E-state index contributed by atoms with van der Waals surface area (Å²) in [7, 11) is 1.82. The summed E-state index contributed by atoms with van der Waals surface area (Å²) < 4.78 is 1.65. The topological polar surface area (TPSA) is 17.8 Å². The average Bonchev–Trinajstić information content (AvgIpc) is 2.13. The number of hydrogen-bond acceptors (Lipinski definition) is 1. The van der Waals surface area contributed by atoms with Crippen molar-refractivity contribution in [3.05, 3.63) is 16.9 Å². The van der Waals surface area contributed by atoms with Crippen LogP contribution in [0.5, 0.6) is 0 Å². The van der Waals surface area contributed by atoms with Crippen molar-refractivity contribution >= 4 is 27.5 Å². The average molecular weight is 224 g/mol. The molecule has 1 unspecified atom stereocenters. The number of nitrogens with zero attached hydrogens (tertiary/aromatic N) is 2. The third-order valence-corrected chi connectivity index (χ3v) is 2.07. The van der Waals surface area contributed by atoms with Crippen LogP contribution in [-0.4, -0.2) is 9.78 Å². The van der Waals surface area contributed by atoms with Gasteiger partial charge < -0.3 is 0 Å². The predicted octanol–water partition coefficient (Wildman–Crippen LogP) is 2.53. The molecule has 10 heavy (non-hydrogen) atoms. The van der Waals surface area contributed by atoms with E-state index in [1.165, 1.54) is 0 Å². The second-order valence-electron chi connectivity index (χ2n) is 2.13. The summed E-state index contributed by atoms with van der Waals surface area (Å²) >= 11 is 9.15. The van der Waals surface area contributed by atoms with Crippen molar-refractivity contribution in [3.8, 4) is 0 Å². The summed E-state index contributed by atoms with van der Waals surface area (Å²) in [6, 6.07) is 1.85. The van der Waals surface area contributed by atoms with Crippen molar-refractivity contribution in [2.24, 2.45) is 7.05 Å². The van der Waals surface area contributed by atoms with Gasteiger partial charge in [0.05, 0.1) is 10.5 Å². The molecule has 0 spiro atoms. The van der Waals surface area contributed by atoms with E-state index < -0.39 is 0 Å². The molecule has 0 aliphatic heterocycles. The second kappa shape index (κ2) is 2.93. The Bertz CT molecular complexity index is 212. The van der Waals surface area contributed by atoms with Crippen molar-refractivity contribution in [3.63, 3.8) is 0 Å². The molecular weight excluding hydrogens is 215 g/mol. The highest BCUT2D eigenvalue weighted by Crippen LogP contribution is 2.22. The zero-order chi connectivity index (χ0) is 7.72. The fraction of sp³-hybridized carbons (Fsp3) is 0.500. The molecule has 4 heteroatoms. The number of hydrogen-bond donors (Lipinski definition) is 0. The standard InChI is InChI=1S/C6H8BrClN2/c1-4(7)5-3-6(8)10(2)9-5/h3-4H,1-2H3. The van der Waals surface area contributed by atoms with Crippen molar-refractivity contribution in [2.45, 2.75) is 11.8 Å². The van der Waals surface area contributed by atoms with E-state index in [2.05, 4.69) is 21.0 Å². The van der Waals surface area contributed by atoms with E-state index >= 15 is 0 Å². The van der Waals surface area contributed by atoms with Crippen LogP contribution in [0.25, 0.3) is 0 Å². The van der Waals surface area contributed by atoms with Crippen LogP contribution in [0.15, 0.2) is 6.07 Å². The lowest BCUT2D eigenvalue weighted by Crippen LogP contribution is -1.91. The number of alkyl halides is 1. The maximum Gasteiger partial charge on any atom is 0.127 e. The van der Waals surface area contributed by atoms with Gasteiger partial charge in [-0.25, -0.2) is 0 Å². The van der Waals surface area contributed by atoms with E-state index in [0.29, 0.717) is 5.15 Å². The van der Waals surface area contributed by atoms with Crippen LogP contribution < -0.4 is 0 Å². The van der Waals surface area contributed by atoms with E-state index in [0.717, 1.165) is 5.69 Å². The van der Waals surface area contributed by atoms with Crippen LogP contribution in [0.3, 0.4) is 0 Å². The summed E-state index contributed by atoms with van der Waals surface area (Å²) in [6.07, 6.45) is 0. The van der Waals surface area contributed by atoms with Crippen LogP contribution in [0, 0.1) is 0 Å². The molecule has 2 nitrogen and oxygen atoms in total. The third kappa shape index (κ3) is 1.52. The molecule has 1 aromatic heterocycles. The van der Waals surface area contributed by atoms with Gasteiger partial charge in [-0.15, -0.1) is 0 Å². The van der Waals surface area contributed by atoms with Crippen molar-refractivity contribution in [2.75, 3.05) is 0 Å². The highest BCUT2D eigenvalue weighted by molar-refractivity contribution is 9.09. The van der Waals surface area contributed by atoms with Crippen molar-refractivity contribution in [1.29, 1.82) is 0 Å². The van der Waals surface area contributed by atoms with E-state index in [1.54, 1.807) is 4.68 Å². The molecule has 0 N–H and O–H groups in total. The van der Waals surface area contributed by atoms with Crippen LogP contribution in [-0.2, 0) is 7.05 Å². The summed E-state index contributed by atoms with van der Waals surface area (Å²) in [5.74, 6) is 0. The van der Waals surface area contributed by atoms with E-state index in [9.17, 15) is 0 Å². The third-order valence-electron chi connectivity index (χ3n) is 1.25. The lowest BCUT2D eigenvalue weighted by molar-refractivity contribution is 0.746. The number of aryl methyl sites for hydroxylation is 1. The molecular formula is C6H8BrClN2.